The number of halogens is 1. The Hall–Kier alpha value is -0.900. The van der Waals surface area contributed by atoms with Gasteiger partial charge >= 0.3 is 0 Å². The molecule has 2 unspecified atom stereocenters. The van der Waals surface area contributed by atoms with Crippen LogP contribution in [-0.4, -0.2) is 59.8 Å². The van der Waals surface area contributed by atoms with Crippen LogP contribution in [0.25, 0.3) is 0 Å². The molecule has 2 rings (SSSR count). The summed E-state index contributed by atoms with van der Waals surface area (Å²) in [7, 11) is 1.82. The third-order valence-corrected chi connectivity index (χ3v) is 4.78. The van der Waals surface area contributed by atoms with E-state index in [-0.39, 0.29) is 24.0 Å². The van der Waals surface area contributed by atoms with Crippen molar-refractivity contribution in [2.24, 2.45) is 10.9 Å². The van der Waals surface area contributed by atoms with Gasteiger partial charge in [-0.2, -0.15) is 4.98 Å². The maximum absolute atomic E-state index is 5.27. The third kappa shape index (κ3) is 6.68. The molecule has 2 atom stereocenters. The van der Waals surface area contributed by atoms with Crippen molar-refractivity contribution in [2.45, 2.75) is 65.5 Å². The molecule has 1 aromatic rings. The summed E-state index contributed by atoms with van der Waals surface area (Å²) < 4.78 is 5.27. The Balaban J connectivity index is 0.00000338. The highest BCUT2D eigenvalue weighted by Crippen LogP contribution is 2.18. The van der Waals surface area contributed by atoms with Gasteiger partial charge in [0.25, 0.3) is 0 Å². The number of hydrogen-bond donors (Lipinski definition) is 2. The van der Waals surface area contributed by atoms with Crippen LogP contribution in [0.1, 0.15) is 58.7 Å². The van der Waals surface area contributed by atoms with E-state index >= 15 is 0 Å². The summed E-state index contributed by atoms with van der Waals surface area (Å²) in [6, 6.07) is 1.03. The molecule has 0 aliphatic carbocycles. The number of aromatic nitrogens is 2. The van der Waals surface area contributed by atoms with Crippen molar-refractivity contribution in [1.29, 1.82) is 0 Å². The lowest BCUT2D eigenvalue weighted by molar-refractivity contribution is 0.265. The van der Waals surface area contributed by atoms with Gasteiger partial charge in [-0.15, -0.1) is 24.0 Å². The van der Waals surface area contributed by atoms with Crippen molar-refractivity contribution < 1.29 is 4.52 Å². The number of guanidine groups is 1. The predicted molar refractivity (Wildman–Crippen MR) is 116 cm³/mol. The Labute approximate surface area is 174 Å². The zero-order valence-electron chi connectivity index (χ0n) is 17.0. The van der Waals surface area contributed by atoms with Gasteiger partial charge in [0.15, 0.2) is 11.8 Å². The highest BCUT2D eigenvalue weighted by atomic mass is 127. The van der Waals surface area contributed by atoms with Gasteiger partial charge in [0, 0.05) is 51.1 Å². The quantitative estimate of drug-likeness (QED) is 0.272. The normalized spacial score (nSPS) is 21.3. The lowest BCUT2D eigenvalue weighted by Crippen LogP contribution is -2.47. The molecule has 1 saturated heterocycles. The molecule has 1 aromatic heterocycles. The van der Waals surface area contributed by atoms with Gasteiger partial charge in [0.05, 0.1) is 0 Å². The molecule has 8 heteroatoms. The van der Waals surface area contributed by atoms with Crippen LogP contribution in [0.15, 0.2) is 9.52 Å². The van der Waals surface area contributed by atoms with Gasteiger partial charge < -0.3 is 15.2 Å². The van der Waals surface area contributed by atoms with Crippen molar-refractivity contribution in [2.75, 3.05) is 26.7 Å². The van der Waals surface area contributed by atoms with E-state index in [1.165, 1.54) is 0 Å². The molecule has 2 heterocycles. The molecular formula is C18H35IN6O. The topological polar surface area (TPSA) is 78.6 Å². The minimum Gasteiger partial charge on any atom is -0.356 e. The summed E-state index contributed by atoms with van der Waals surface area (Å²) in [5.74, 6) is 3.29. The molecule has 1 aliphatic heterocycles. The van der Waals surface area contributed by atoms with Gasteiger partial charge in [0.2, 0.25) is 5.89 Å². The van der Waals surface area contributed by atoms with Crippen molar-refractivity contribution >= 4 is 29.9 Å². The maximum atomic E-state index is 5.27. The van der Waals surface area contributed by atoms with Crippen molar-refractivity contribution in [1.82, 2.24) is 25.7 Å². The van der Waals surface area contributed by atoms with Crippen LogP contribution < -0.4 is 10.6 Å². The van der Waals surface area contributed by atoms with Crippen LogP contribution in [0, 0.1) is 5.92 Å². The van der Waals surface area contributed by atoms with Gasteiger partial charge in [-0.3, -0.25) is 9.89 Å². The lowest BCUT2D eigenvalue weighted by atomic mass is 10.1. The van der Waals surface area contributed by atoms with Crippen molar-refractivity contribution in [3.63, 3.8) is 0 Å². The monoisotopic (exact) mass is 478 g/mol. The zero-order valence-corrected chi connectivity index (χ0v) is 19.3. The molecule has 150 valence electrons. The number of likely N-dealkylation sites (tertiary alicyclic amines) is 1. The van der Waals surface area contributed by atoms with Crippen LogP contribution in [0.5, 0.6) is 0 Å². The first-order valence-corrected chi connectivity index (χ1v) is 9.44. The van der Waals surface area contributed by atoms with Crippen LogP contribution >= 0.6 is 24.0 Å². The highest BCUT2D eigenvalue weighted by molar-refractivity contribution is 14.0. The van der Waals surface area contributed by atoms with Crippen LogP contribution in [-0.2, 0) is 6.42 Å². The Bertz CT molecular complexity index is 560. The molecule has 0 aromatic carbocycles. The molecule has 0 radical (unpaired) electrons. The average molecular weight is 478 g/mol. The van der Waals surface area contributed by atoms with Crippen molar-refractivity contribution in [3.05, 3.63) is 11.7 Å². The summed E-state index contributed by atoms with van der Waals surface area (Å²) >= 11 is 0. The fourth-order valence-corrected chi connectivity index (χ4v) is 3.03. The highest BCUT2D eigenvalue weighted by Gasteiger charge is 2.31. The third-order valence-electron chi connectivity index (χ3n) is 4.78. The number of aliphatic imine (C=N–C) groups is 1. The Morgan fingerprint density at radius 2 is 2.04 bits per heavy atom. The molecule has 0 spiro atoms. The SMILES string of the molecule is CN=C(NCCCc1nc(C(C)C)no1)NC1CN(C(C)C)CC1C.I. The number of aryl methyl sites for hydroxylation is 1. The Morgan fingerprint density at radius 1 is 1.31 bits per heavy atom. The smallest absolute Gasteiger partial charge is 0.226 e. The van der Waals surface area contributed by atoms with Crippen LogP contribution in [0.3, 0.4) is 0 Å². The van der Waals surface area contributed by atoms with Crippen LogP contribution in [0.4, 0.5) is 0 Å². The van der Waals surface area contributed by atoms with Gasteiger partial charge in [-0.1, -0.05) is 25.9 Å². The zero-order chi connectivity index (χ0) is 18.4. The minimum absolute atomic E-state index is 0. The second-order valence-electron chi connectivity index (χ2n) is 7.58. The van der Waals surface area contributed by atoms with Gasteiger partial charge in [-0.25, -0.2) is 0 Å². The standard InChI is InChI=1S/C18H34N6O.HI/c1-12(2)17-22-16(25-23-17)8-7-9-20-18(19-6)21-15-11-24(13(3)4)10-14(15)5;/h12-15H,7-11H2,1-6H3,(H2,19,20,21);1H. The first-order chi connectivity index (χ1) is 11.9. The number of hydrogen-bond acceptors (Lipinski definition) is 5. The molecular weight excluding hydrogens is 443 g/mol. The molecule has 0 amide bonds. The summed E-state index contributed by atoms with van der Waals surface area (Å²) in [4.78, 5) is 11.3. The number of nitrogens with zero attached hydrogens (tertiary/aromatic N) is 4. The van der Waals surface area contributed by atoms with E-state index in [1.807, 2.05) is 7.05 Å². The molecule has 0 bridgehead atoms. The summed E-state index contributed by atoms with van der Waals surface area (Å²) in [5, 5.41) is 11.0. The Kier molecular flexibility index (Phi) is 9.84. The second kappa shape index (κ2) is 11.1. The Morgan fingerprint density at radius 3 is 2.58 bits per heavy atom. The van der Waals surface area contributed by atoms with E-state index in [9.17, 15) is 0 Å². The first kappa shape index (κ1) is 23.1. The van der Waals surface area contributed by atoms with Crippen molar-refractivity contribution in [3.8, 4) is 0 Å². The molecule has 0 saturated carbocycles. The lowest BCUT2D eigenvalue weighted by Gasteiger charge is -2.21. The second-order valence-corrected chi connectivity index (χ2v) is 7.58. The van der Waals surface area contributed by atoms with E-state index < -0.39 is 0 Å². The van der Waals surface area contributed by atoms with Gasteiger partial charge in [-0.05, 0) is 26.2 Å². The fraction of sp³-hybridized carbons (Fsp3) is 0.833. The average Bonchev–Trinajstić information content (AvgIpc) is 3.17. The predicted octanol–water partition coefficient (Wildman–Crippen LogP) is 2.64. The number of nitrogens with one attached hydrogen (secondary N) is 2. The summed E-state index contributed by atoms with van der Waals surface area (Å²) in [6.07, 6.45) is 1.71. The molecule has 1 aliphatic rings. The van der Waals surface area contributed by atoms with Crippen LogP contribution in [0.2, 0.25) is 0 Å². The largest absolute Gasteiger partial charge is 0.356 e. The number of rotatable bonds is 7. The maximum Gasteiger partial charge on any atom is 0.226 e. The minimum atomic E-state index is 0. The molecule has 2 N–H and O–H groups in total. The van der Waals surface area contributed by atoms with E-state index in [2.05, 4.69) is 65.3 Å². The summed E-state index contributed by atoms with van der Waals surface area (Å²) in [5.41, 5.74) is 0. The summed E-state index contributed by atoms with van der Waals surface area (Å²) in [6.45, 7) is 14.0. The fourth-order valence-electron chi connectivity index (χ4n) is 3.03. The van der Waals surface area contributed by atoms with E-state index in [0.29, 0.717) is 29.8 Å². The van der Waals surface area contributed by atoms with E-state index in [0.717, 1.165) is 44.3 Å². The van der Waals surface area contributed by atoms with E-state index in [4.69, 9.17) is 4.52 Å². The molecule has 1 fully saturated rings. The van der Waals surface area contributed by atoms with Gasteiger partial charge in [0.1, 0.15) is 0 Å². The first-order valence-electron chi connectivity index (χ1n) is 9.44. The van der Waals surface area contributed by atoms with E-state index in [1.54, 1.807) is 0 Å². The molecule has 7 nitrogen and oxygen atoms in total. The molecule has 26 heavy (non-hydrogen) atoms.